The van der Waals surface area contributed by atoms with E-state index in [4.69, 9.17) is 16.9 Å². The van der Waals surface area contributed by atoms with Gasteiger partial charge in [0.25, 0.3) is 11.3 Å². The van der Waals surface area contributed by atoms with Crippen LogP contribution in [0.5, 0.6) is 0 Å². The SMILES string of the molecule is N=C(N=C(N)N)SCc1cc(=O)n2[nH]cnc2n1. The highest BCUT2D eigenvalue weighted by molar-refractivity contribution is 8.13. The number of aromatic nitrogens is 4. The molecule has 2 rings (SSSR count). The van der Waals surface area contributed by atoms with Gasteiger partial charge in [0.15, 0.2) is 11.1 Å². The fraction of sp³-hybridized carbons (Fsp3) is 0.125. The Kier molecular flexibility index (Phi) is 3.28. The number of hydrogen-bond donors (Lipinski definition) is 4. The number of H-pyrrole nitrogens is 1. The summed E-state index contributed by atoms with van der Waals surface area (Å²) in [6.45, 7) is 0. The third-order valence-electron chi connectivity index (χ3n) is 1.91. The number of nitrogens with two attached hydrogens (primary N) is 2. The number of guanidine groups is 1. The molecule has 0 fully saturated rings. The number of hydrogen-bond acceptors (Lipinski definition) is 5. The Bertz CT molecular complexity index is 667. The summed E-state index contributed by atoms with van der Waals surface area (Å²) < 4.78 is 1.22. The largest absolute Gasteiger partial charge is 0.370 e. The van der Waals surface area contributed by atoms with E-state index in [1.165, 1.54) is 16.9 Å². The van der Waals surface area contributed by atoms with Crippen molar-refractivity contribution in [2.45, 2.75) is 5.75 Å². The fourth-order valence-corrected chi connectivity index (χ4v) is 1.84. The molecule has 0 bridgehead atoms. The van der Waals surface area contributed by atoms with Gasteiger partial charge < -0.3 is 11.5 Å². The van der Waals surface area contributed by atoms with Crippen molar-refractivity contribution in [1.82, 2.24) is 19.6 Å². The lowest BCUT2D eigenvalue weighted by atomic mass is 10.4. The predicted octanol–water partition coefficient (Wildman–Crippen LogP) is -1.14. The topological polar surface area (TPSA) is 151 Å². The Balaban J connectivity index is 2.15. The smallest absolute Gasteiger partial charge is 0.274 e. The van der Waals surface area contributed by atoms with Gasteiger partial charge in [-0.25, -0.2) is 9.97 Å². The van der Waals surface area contributed by atoms with Gasteiger partial charge in [0.05, 0.1) is 5.69 Å². The van der Waals surface area contributed by atoms with Crippen LogP contribution in [0.25, 0.3) is 5.78 Å². The lowest BCUT2D eigenvalue weighted by molar-refractivity contribution is 0.887. The van der Waals surface area contributed by atoms with E-state index >= 15 is 0 Å². The minimum absolute atomic E-state index is 0.0426. The summed E-state index contributed by atoms with van der Waals surface area (Å²) in [5.74, 6) is 0.420. The minimum atomic E-state index is -0.263. The van der Waals surface area contributed by atoms with Crippen molar-refractivity contribution in [3.63, 3.8) is 0 Å². The molecule has 0 spiro atoms. The van der Waals surface area contributed by atoms with Crippen molar-refractivity contribution < 1.29 is 0 Å². The first kappa shape index (κ1) is 12.1. The monoisotopic (exact) mass is 266 g/mol. The average molecular weight is 266 g/mol. The van der Waals surface area contributed by atoms with E-state index in [0.717, 1.165) is 11.8 Å². The van der Waals surface area contributed by atoms with Gasteiger partial charge in [-0.3, -0.25) is 15.3 Å². The van der Waals surface area contributed by atoms with Crippen LogP contribution < -0.4 is 17.0 Å². The summed E-state index contributed by atoms with van der Waals surface area (Å²) in [5, 5.41) is 10.0. The molecule has 2 heterocycles. The van der Waals surface area contributed by atoms with Crippen LogP contribution in [-0.2, 0) is 5.75 Å². The lowest BCUT2D eigenvalue weighted by Crippen LogP contribution is -2.23. The van der Waals surface area contributed by atoms with Crippen molar-refractivity contribution in [2.75, 3.05) is 0 Å². The molecule has 18 heavy (non-hydrogen) atoms. The van der Waals surface area contributed by atoms with E-state index in [-0.39, 0.29) is 22.5 Å². The van der Waals surface area contributed by atoms with Crippen molar-refractivity contribution in [1.29, 1.82) is 5.41 Å². The second-order valence-corrected chi connectivity index (χ2v) is 4.20. The average Bonchev–Trinajstić information content (AvgIpc) is 2.74. The molecule has 94 valence electrons. The van der Waals surface area contributed by atoms with Gasteiger partial charge in [0, 0.05) is 11.8 Å². The summed E-state index contributed by atoms with van der Waals surface area (Å²) in [7, 11) is 0. The molecule has 2 aromatic rings. The van der Waals surface area contributed by atoms with E-state index in [0.29, 0.717) is 11.4 Å². The number of aliphatic imine (C=N–C) groups is 1. The fourth-order valence-electron chi connectivity index (χ4n) is 1.23. The zero-order valence-corrected chi connectivity index (χ0v) is 9.94. The van der Waals surface area contributed by atoms with Gasteiger partial charge in [0.1, 0.15) is 6.33 Å². The first-order valence-electron chi connectivity index (χ1n) is 4.79. The first-order valence-corrected chi connectivity index (χ1v) is 5.78. The lowest BCUT2D eigenvalue weighted by Gasteiger charge is -1.99. The zero-order chi connectivity index (χ0) is 13.1. The van der Waals surface area contributed by atoms with Crippen molar-refractivity contribution in [3.05, 3.63) is 28.4 Å². The number of aromatic amines is 1. The number of fused-ring (bicyclic) bond motifs is 1. The molecule has 9 nitrogen and oxygen atoms in total. The molecule has 0 aliphatic rings. The highest BCUT2D eigenvalue weighted by Gasteiger charge is 2.05. The normalized spacial score (nSPS) is 10.4. The summed E-state index contributed by atoms with van der Waals surface area (Å²) >= 11 is 1.06. The summed E-state index contributed by atoms with van der Waals surface area (Å²) in [4.78, 5) is 23.2. The third-order valence-corrected chi connectivity index (χ3v) is 2.71. The molecule has 0 aromatic carbocycles. The Hall–Kier alpha value is -2.36. The van der Waals surface area contributed by atoms with E-state index in [1.54, 1.807) is 0 Å². The Morgan fingerprint density at radius 3 is 3.11 bits per heavy atom. The quantitative estimate of drug-likeness (QED) is 0.398. The molecular weight excluding hydrogens is 256 g/mol. The van der Waals surface area contributed by atoms with Crippen LogP contribution in [0.15, 0.2) is 22.2 Å². The number of nitrogens with one attached hydrogen (secondary N) is 2. The van der Waals surface area contributed by atoms with E-state index in [1.807, 2.05) is 0 Å². The van der Waals surface area contributed by atoms with Crippen molar-refractivity contribution in [3.8, 4) is 0 Å². The standard InChI is InChI=1S/C8H10N8OS/c9-6(10)15-7(11)18-2-4-1-5(17)16-8(14-4)12-3-13-16/h1,3H,2H2,(H,12,13,14)(H5,9,10,11,15). The molecule has 0 saturated carbocycles. The van der Waals surface area contributed by atoms with Gasteiger partial charge in [0.2, 0.25) is 0 Å². The molecule has 0 radical (unpaired) electrons. The molecule has 0 aliphatic heterocycles. The molecule has 0 amide bonds. The number of amidine groups is 1. The first-order chi connectivity index (χ1) is 8.56. The predicted molar refractivity (Wildman–Crippen MR) is 68.4 cm³/mol. The van der Waals surface area contributed by atoms with Gasteiger partial charge >= 0.3 is 0 Å². The highest BCUT2D eigenvalue weighted by atomic mass is 32.2. The Labute approximate surface area is 105 Å². The molecular formula is C8H10N8OS. The molecule has 0 aliphatic carbocycles. The maximum atomic E-state index is 11.6. The number of rotatable bonds is 2. The van der Waals surface area contributed by atoms with Gasteiger partial charge in [-0.1, -0.05) is 11.8 Å². The van der Waals surface area contributed by atoms with Crippen LogP contribution in [0.1, 0.15) is 5.69 Å². The highest BCUT2D eigenvalue weighted by Crippen LogP contribution is 2.10. The Morgan fingerprint density at radius 1 is 1.61 bits per heavy atom. The van der Waals surface area contributed by atoms with Gasteiger partial charge in [-0.05, 0) is 0 Å². The molecule has 0 saturated heterocycles. The van der Waals surface area contributed by atoms with E-state index < -0.39 is 0 Å². The van der Waals surface area contributed by atoms with Crippen LogP contribution in [-0.4, -0.2) is 30.7 Å². The molecule has 0 atom stereocenters. The van der Waals surface area contributed by atoms with Crippen LogP contribution in [0.4, 0.5) is 0 Å². The number of thioether (sulfide) groups is 1. The second-order valence-electron chi connectivity index (χ2n) is 3.24. The maximum absolute atomic E-state index is 11.6. The van der Waals surface area contributed by atoms with Crippen LogP contribution in [0.3, 0.4) is 0 Å². The van der Waals surface area contributed by atoms with E-state index in [9.17, 15) is 4.79 Å². The van der Waals surface area contributed by atoms with Crippen LogP contribution in [0, 0.1) is 5.41 Å². The van der Waals surface area contributed by atoms with Crippen LogP contribution in [0.2, 0.25) is 0 Å². The third kappa shape index (κ3) is 2.66. The summed E-state index contributed by atoms with van der Waals surface area (Å²) in [6, 6.07) is 1.36. The maximum Gasteiger partial charge on any atom is 0.274 e. The summed E-state index contributed by atoms with van der Waals surface area (Å²) in [5.41, 5.74) is 10.5. The van der Waals surface area contributed by atoms with Crippen molar-refractivity contribution >= 4 is 28.7 Å². The molecule has 0 unspecified atom stereocenters. The van der Waals surface area contributed by atoms with Crippen molar-refractivity contribution in [2.24, 2.45) is 16.5 Å². The summed E-state index contributed by atoms with van der Waals surface area (Å²) in [6.07, 6.45) is 1.38. The van der Waals surface area contributed by atoms with E-state index in [2.05, 4.69) is 20.1 Å². The Morgan fingerprint density at radius 2 is 2.39 bits per heavy atom. The van der Waals surface area contributed by atoms with Crippen LogP contribution >= 0.6 is 11.8 Å². The molecule has 10 heteroatoms. The second kappa shape index (κ2) is 4.87. The minimum Gasteiger partial charge on any atom is -0.370 e. The van der Waals surface area contributed by atoms with Gasteiger partial charge in [-0.15, -0.1) is 0 Å². The van der Waals surface area contributed by atoms with Gasteiger partial charge in [-0.2, -0.15) is 9.51 Å². The zero-order valence-electron chi connectivity index (χ0n) is 9.12. The molecule has 2 aromatic heterocycles. The number of nitrogens with zero attached hydrogens (tertiary/aromatic N) is 4. The molecule has 6 N–H and O–H groups in total.